The van der Waals surface area contributed by atoms with Crippen LogP contribution in [0.1, 0.15) is 93.7 Å². The van der Waals surface area contributed by atoms with E-state index >= 15 is 0 Å². The van der Waals surface area contributed by atoms with E-state index in [1.54, 1.807) is 13.8 Å². The van der Waals surface area contributed by atoms with Gasteiger partial charge in [-0.3, -0.25) is 4.79 Å². The smallest absolute Gasteiger partial charge is 0.351 e. The monoisotopic (exact) mass is 574 g/mol. The van der Waals surface area contributed by atoms with Crippen molar-refractivity contribution < 1.29 is 18.7 Å². The highest BCUT2D eigenvalue weighted by atomic mass is 16.5. The van der Waals surface area contributed by atoms with Crippen LogP contribution >= 0.6 is 0 Å². The Labute approximate surface area is 257 Å². The molecule has 0 spiro atoms. The molecule has 1 aliphatic heterocycles. The zero-order valence-corrected chi connectivity index (χ0v) is 27.4. The summed E-state index contributed by atoms with van der Waals surface area (Å²) >= 11 is 0. The highest BCUT2D eigenvalue weighted by Gasteiger charge is 2.54. The van der Waals surface area contributed by atoms with Crippen LogP contribution in [0.2, 0.25) is 0 Å². The van der Waals surface area contributed by atoms with Crippen LogP contribution in [-0.2, 0) is 9.53 Å². The van der Waals surface area contributed by atoms with E-state index in [1.807, 2.05) is 0 Å². The molecule has 1 aliphatic carbocycles. The molecule has 6 rings (SSSR count). The summed E-state index contributed by atoms with van der Waals surface area (Å²) in [5.74, 6) is 0.730. The average Bonchev–Trinajstić information content (AvgIpc) is 3.45. The van der Waals surface area contributed by atoms with Gasteiger partial charge in [-0.25, -0.2) is 0 Å². The Morgan fingerprint density at radius 1 is 0.674 bits per heavy atom. The van der Waals surface area contributed by atoms with Crippen molar-refractivity contribution in [3.8, 4) is 0 Å². The van der Waals surface area contributed by atoms with Crippen molar-refractivity contribution in [3.05, 3.63) is 106 Å². The van der Waals surface area contributed by atoms with Crippen LogP contribution in [0.4, 0.5) is 11.4 Å². The molecular weight excluding hydrogens is 528 g/mol. The van der Waals surface area contributed by atoms with Gasteiger partial charge in [0.25, 0.3) is 11.4 Å². The maximum atomic E-state index is 10.3. The van der Waals surface area contributed by atoms with Gasteiger partial charge in [0.15, 0.2) is 0 Å². The van der Waals surface area contributed by atoms with E-state index in [-0.39, 0.29) is 18.1 Å². The second-order valence-corrected chi connectivity index (χ2v) is 12.8. The number of para-hydroxylation sites is 2. The predicted molar refractivity (Wildman–Crippen MR) is 179 cm³/mol. The molecule has 0 amide bonds. The van der Waals surface area contributed by atoms with Crippen LogP contribution in [-0.4, -0.2) is 39.8 Å². The number of rotatable bonds is 5. The summed E-state index contributed by atoms with van der Waals surface area (Å²) in [7, 11) is 1.39. The zero-order chi connectivity index (χ0) is 31.2. The topological polar surface area (TPSA) is 32.3 Å². The van der Waals surface area contributed by atoms with Gasteiger partial charge in [0.05, 0.1) is 31.1 Å². The summed E-state index contributed by atoms with van der Waals surface area (Å²) in [5.41, 5.74) is 13.6. The molecule has 0 saturated carbocycles. The number of hydrogen-bond donors (Lipinski definition) is 0. The molecule has 0 radical (unpaired) electrons. The van der Waals surface area contributed by atoms with Crippen molar-refractivity contribution in [2.24, 2.45) is 5.92 Å². The van der Waals surface area contributed by atoms with E-state index in [4.69, 9.17) is 0 Å². The summed E-state index contributed by atoms with van der Waals surface area (Å²) < 4.78 is 9.66. The number of methoxy groups -OCH3 is 1. The molecule has 43 heavy (non-hydrogen) atoms. The fourth-order valence-corrected chi connectivity index (χ4v) is 6.75. The number of nitrogens with zero attached hydrogens (tertiary/aromatic N) is 2. The standard InChI is InChI=1S/C34H36N2.C5H10O2/c1-20(2)26-16-8-12-22(5)31(26)35-24(7)36(32-23(6)13-9-17-27(32)21(3)4)34-29-19-11-15-25-14-10-18-28(30(25)29)33(34)35;1-4(2)5(6)7-3/h8-21,24H,1-7H3;4H,1-3H3/q+2;. The lowest BCUT2D eigenvalue weighted by atomic mass is 9.96. The van der Waals surface area contributed by atoms with Gasteiger partial charge in [-0.05, 0) is 43.2 Å². The van der Waals surface area contributed by atoms with E-state index < -0.39 is 0 Å². The van der Waals surface area contributed by atoms with Crippen molar-refractivity contribution in [2.75, 3.05) is 7.11 Å². The van der Waals surface area contributed by atoms with Crippen molar-refractivity contribution in [1.29, 1.82) is 0 Å². The molecule has 0 unspecified atom stereocenters. The molecule has 1 heterocycles. The van der Waals surface area contributed by atoms with Gasteiger partial charge in [0.1, 0.15) is 0 Å². The number of aryl methyl sites for hydroxylation is 2. The molecule has 4 aromatic carbocycles. The molecule has 4 aromatic rings. The number of carbonyl (C=O) groups is 1. The Bertz CT molecular complexity index is 1670. The van der Waals surface area contributed by atoms with E-state index in [2.05, 4.69) is 135 Å². The molecular formula is C39H46N2O2+2. The Kier molecular flexibility index (Phi) is 8.42. The SMILES string of the molecule is COC(=O)C(C)C.Cc1cccc(C(C)C)c1[N+]1=C2C(=[N+](c3c(C)cccc3C(C)C)C1C)c1cccc3cccc2c13. The van der Waals surface area contributed by atoms with Gasteiger partial charge in [-0.15, -0.1) is 9.15 Å². The molecule has 0 saturated heterocycles. The summed E-state index contributed by atoms with van der Waals surface area (Å²) in [4.78, 5) is 10.3. The molecule has 222 valence electrons. The van der Waals surface area contributed by atoms with Gasteiger partial charge in [0, 0.05) is 27.6 Å². The number of esters is 1. The number of hydrogen-bond acceptors (Lipinski definition) is 2. The third-order valence-corrected chi connectivity index (χ3v) is 8.80. The van der Waals surface area contributed by atoms with Gasteiger partial charge in [-0.2, -0.15) is 0 Å². The van der Waals surface area contributed by atoms with Crippen LogP contribution in [0.25, 0.3) is 10.8 Å². The van der Waals surface area contributed by atoms with Crippen LogP contribution in [0.15, 0.2) is 72.8 Å². The highest BCUT2D eigenvalue weighted by Crippen LogP contribution is 2.43. The molecule has 4 heteroatoms. The van der Waals surface area contributed by atoms with Crippen molar-refractivity contribution in [2.45, 2.75) is 80.3 Å². The Morgan fingerprint density at radius 3 is 1.44 bits per heavy atom. The highest BCUT2D eigenvalue weighted by molar-refractivity contribution is 6.58. The Hall–Kier alpha value is -4.05. The molecule has 4 nitrogen and oxygen atoms in total. The first-order chi connectivity index (χ1) is 20.5. The quantitative estimate of drug-likeness (QED) is 0.176. The first-order valence-electron chi connectivity index (χ1n) is 15.6. The van der Waals surface area contributed by atoms with E-state index in [0.29, 0.717) is 11.8 Å². The summed E-state index contributed by atoms with van der Waals surface area (Å²) in [6.07, 6.45) is 0.149. The minimum absolute atomic E-state index is 0.00463. The van der Waals surface area contributed by atoms with E-state index in [9.17, 15) is 4.79 Å². The molecule has 0 bridgehead atoms. The summed E-state index contributed by atoms with van der Waals surface area (Å²) in [6.45, 7) is 19.8. The van der Waals surface area contributed by atoms with Crippen molar-refractivity contribution in [1.82, 2.24) is 0 Å². The molecule has 2 aliphatic rings. The minimum Gasteiger partial charge on any atom is -0.469 e. The maximum Gasteiger partial charge on any atom is 0.351 e. The Morgan fingerprint density at radius 2 is 1.09 bits per heavy atom. The second kappa shape index (κ2) is 11.9. The van der Waals surface area contributed by atoms with Crippen LogP contribution in [0.5, 0.6) is 0 Å². The third kappa shape index (κ3) is 5.11. The molecule has 0 fully saturated rings. The normalized spacial score (nSPS) is 14.3. The third-order valence-electron chi connectivity index (χ3n) is 8.80. The number of fused-ring (bicyclic) bond motifs is 3. The number of benzene rings is 4. The first-order valence-corrected chi connectivity index (χ1v) is 15.6. The number of ether oxygens (including phenoxy) is 1. The summed E-state index contributed by atoms with van der Waals surface area (Å²) in [6, 6.07) is 27.2. The van der Waals surface area contributed by atoms with Crippen molar-refractivity contribution >= 4 is 39.5 Å². The lowest BCUT2D eigenvalue weighted by Crippen LogP contribution is -2.28. The van der Waals surface area contributed by atoms with Gasteiger partial charge < -0.3 is 4.74 Å². The van der Waals surface area contributed by atoms with E-state index in [1.165, 1.54) is 74.1 Å². The van der Waals surface area contributed by atoms with Gasteiger partial charge >= 0.3 is 12.1 Å². The zero-order valence-electron chi connectivity index (χ0n) is 27.4. The average molecular weight is 575 g/mol. The number of carbonyl (C=O) groups excluding carboxylic acids is 1. The fourth-order valence-electron chi connectivity index (χ4n) is 6.75. The second-order valence-electron chi connectivity index (χ2n) is 12.8. The first kappa shape index (κ1) is 30.4. The van der Waals surface area contributed by atoms with E-state index in [0.717, 1.165) is 0 Å². The lowest BCUT2D eigenvalue weighted by molar-refractivity contribution is -0.688. The Balaban J connectivity index is 0.000000472. The van der Waals surface area contributed by atoms with Gasteiger partial charge in [-0.1, -0.05) is 102 Å². The van der Waals surface area contributed by atoms with Crippen LogP contribution in [0.3, 0.4) is 0 Å². The fraction of sp³-hybridized carbons (Fsp3) is 0.359. The lowest BCUT2D eigenvalue weighted by Gasteiger charge is -2.17. The maximum absolute atomic E-state index is 10.3. The van der Waals surface area contributed by atoms with Crippen molar-refractivity contribution in [3.63, 3.8) is 0 Å². The molecule has 0 aromatic heterocycles. The largest absolute Gasteiger partial charge is 0.469 e. The minimum atomic E-state index is -0.153. The van der Waals surface area contributed by atoms with Crippen LogP contribution < -0.4 is 0 Å². The molecule has 0 atom stereocenters. The predicted octanol–water partition coefficient (Wildman–Crippen LogP) is 9.16. The van der Waals surface area contributed by atoms with Gasteiger partial charge in [0.2, 0.25) is 11.4 Å². The summed E-state index contributed by atoms with van der Waals surface area (Å²) in [5, 5.41) is 2.70. The van der Waals surface area contributed by atoms with Crippen LogP contribution in [0, 0.1) is 19.8 Å². The molecule has 0 N–H and O–H groups in total.